The second kappa shape index (κ2) is 5.94. The predicted molar refractivity (Wildman–Crippen MR) is 69.3 cm³/mol. The molecule has 0 radical (unpaired) electrons. The Balaban J connectivity index is 2.15. The molecule has 3 nitrogen and oxygen atoms in total. The predicted octanol–water partition coefficient (Wildman–Crippen LogP) is 4.82. The van der Waals surface area contributed by atoms with Crippen molar-refractivity contribution in [3.8, 4) is 5.75 Å². The molecule has 0 spiro atoms. The van der Waals surface area contributed by atoms with Crippen molar-refractivity contribution < 1.29 is 13.5 Å². The Kier molecular flexibility index (Phi) is 4.50. The number of benzene rings is 1. The lowest BCUT2D eigenvalue weighted by atomic mass is 10.3. The molecule has 0 unspecified atom stereocenters. The average Bonchev–Trinajstić information content (AvgIpc) is 2.80. The second-order valence-corrected chi connectivity index (χ2v) is 4.74. The number of hydrogen-bond donors (Lipinski definition) is 0. The van der Waals surface area contributed by atoms with Crippen molar-refractivity contribution in [1.82, 2.24) is 9.55 Å². The summed E-state index contributed by atoms with van der Waals surface area (Å²) in [5.74, 6) is 0.331. The van der Waals surface area contributed by atoms with E-state index in [9.17, 15) is 8.78 Å². The number of nitrogens with zero attached hydrogens (tertiary/aromatic N) is 2. The molecule has 1 aromatic heterocycles. The Morgan fingerprint density at radius 1 is 1.16 bits per heavy atom. The molecule has 0 N–H and O–H groups in total. The van der Waals surface area contributed by atoms with Gasteiger partial charge in [-0.25, -0.2) is 4.98 Å². The monoisotopic (exact) mass is 326 g/mol. The minimum atomic E-state index is -2.68. The highest BCUT2D eigenvalue weighted by Gasteiger charge is 2.13. The van der Waals surface area contributed by atoms with Gasteiger partial charge >= 0.3 is 6.55 Å². The normalized spacial score (nSPS) is 11.1. The van der Waals surface area contributed by atoms with Crippen LogP contribution in [0.5, 0.6) is 5.75 Å². The maximum absolute atomic E-state index is 12.6. The summed E-state index contributed by atoms with van der Waals surface area (Å²) in [4.78, 5) is 3.78. The molecular weight excluding hydrogens is 320 g/mol. The van der Waals surface area contributed by atoms with E-state index in [-0.39, 0.29) is 33.2 Å². The summed E-state index contributed by atoms with van der Waals surface area (Å²) >= 11 is 17.5. The summed E-state index contributed by atoms with van der Waals surface area (Å²) in [5.41, 5.74) is 0. The van der Waals surface area contributed by atoms with E-state index in [1.165, 1.54) is 24.5 Å². The molecule has 1 heterocycles. The van der Waals surface area contributed by atoms with Crippen molar-refractivity contribution in [2.45, 2.75) is 13.2 Å². The SMILES string of the molecule is FC(F)n1ccnc1COc1cc(Cl)c(Cl)cc1Cl. The van der Waals surface area contributed by atoms with Crippen LogP contribution < -0.4 is 4.74 Å². The molecule has 2 rings (SSSR count). The van der Waals surface area contributed by atoms with Crippen LogP contribution in [0.2, 0.25) is 15.1 Å². The van der Waals surface area contributed by atoms with E-state index in [1.807, 2.05) is 0 Å². The smallest absolute Gasteiger partial charge is 0.320 e. The van der Waals surface area contributed by atoms with Crippen LogP contribution in [0.25, 0.3) is 0 Å². The molecule has 8 heteroatoms. The standard InChI is InChI=1S/C11H7Cl3F2N2O/c12-6-3-8(14)9(4-7(6)13)19-5-10-17-1-2-18(10)11(15)16/h1-4,11H,5H2. The minimum absolute atomic E-state index is 0.0807. The highest BCUT2D eigenvalue weighted by Crippen LogP contribution is 2.34. The van der Waals surface area contributed by atoms with Crippen LogP contribution in [0.4, 0.5) is 8.78 Å². The molecule has 0 bridgehead atoms. The number of hydrogen-bond acceptors (Lipinski definition) is 2. The zero-order valence-electron chi connectivity index (χ0n) is 9.29. The van der Waals surface area contributed by atoms with Crippen molar-refractivity contribution in [1.29, 1.82) is 0 Å². The summed E-state index contributed by atoms with van der Waals surface area (Å²) in [6.45, 7) is -2.83. The number of halogens is 5. The summed E-state index contributed by atoms with van der Waals surface area (Å²) in [6.07, 6.45) is 2.43. The fourth-order valence-corrected chi connectivity index (χ4v) is 1.98. The van der Waals surface area contributed by atoms with Gasteiger partial charge in [-0.2, -0.15) is 8.78 Å². The molecule has 0 saturated carbocycles. The third-order valence-corrected chi connectivity index (χ3v) is 3.31. The van der Waals surface area contributed by atoms with Crippen LogP contribution in [0.3, 0.4) is 0 Å². The summed E-state index contributed by atoms with van der Waals surface area (Å²) in [6, 6.07) is 2.84. The fraction of sp³-hybridized carbons (Fsp3) is 0.182. The molecule has 0 aliphatic rings. The molecule has 0 aliphatic carbocycles. The van der Waals surface area contributed by atoms with E-state index < -0.39 is 6.55 Å². The summed E-state index contributed by atoms with van der Waals surface area (Å²) in [7, 11) is 0. The van der Waals surface area contributed by atoms with Crippen molar-refractivity contribution in [2.24, 2.45) is 0 Å². The average molecular weight is 328 g/mol. The first kappa shape index (κ1) is 14.4. The third kappa shape index (κ3) is 3.29. The van der Waals surface area contributed by atoms with Crippen LogP contribution in [-0.4, -0.2) is 9.55 Å². The van der Waals surface area contributed by atoms with Crippen molar-refractivity contribution in [3.05, 3.63) is 45.4 Å². The van der Waals surface area contributed by atoms with E-state index in [1.54, 1.807) is 0 Å². The molecule has 0 saturated heterocycles. The summed E-state index contributed by atoms with van der Waals surface area (Å²) in [5, 5.41) is 0.788. The van der Waals surface area contributed by atoms with E-state index in [0.29, 0.717) is 4.57 Å². The Morgan fingerprint density at radius 2 is 1.84 bits per heavy atom. The van der Waals surface area contributed by atoms with Crippen LogP contribution in [0.1, 0.15) is 12.4 Å². The molecule has 0 amide bonds. The van der Waals surface area contributed by atoms with Gasteiger partial charge < -0.3 is 4.74 Å². The highest BCUT2D eigenvalue weighted by molar-refractivity contribution is 6.43. The lowest BCUT2D eigenvalue weighted by Gasteiger charge is -2.10. The first-order chi connectivity index (χ1) is 8.99. The number of rotatable bonds is 4. The first-order valence-electron chi connectivity index (χ1n) is 5.06. The van der Waals surface area contributed by atoms with Crippen LogP contribution >= 0.6 is 34.8 Å². The van der Waals surface area contributed by atoms with E-state index in [2.05, 4.69) is 4.98 Å². The van der Waals surface area contributed by atoms with Crippen molar-refractivity contribution in [3.63, 3.8) is 0 Å². The topological polar surface area (TPSA) is 27.1 Å². The largest absolute Gasteiger partial charge is 0.484 e. The molecule has 102 valence electrons. The van der Waals surface area contributed by atoms with Gasteiger partial charge in [0.15, 0.2) is 5.82 Å². The van der Waals surface area contributed by atoms with E-state index in [4.69, 9.17) is 39.5 Å². The van der Waals surface area contributed by atoms with E-state index in [0.717, 1.165) is 0 Å². The fourth-order valence-electron chi connectivity index (χ4n) is 1.39. The molecule has 2 aromatic rings. The van der Waals surface area contributed by atoms with Gasteiger partial charge in [-0.3, -0.25) is 4.57 Å². The van der Waals surface area contributed by atoms with Gasteiger partial charge in [0.25, 0.3) is 0 Å². The zero-order chi connectivity index (χ0) is 14.0. The number of ether oxygens (including phenoxy) is 1. The van der Waals surface area contributed by atoms with Gasteiger partial charge in [-0.05, 0) is 6.07 Å². The van der Waals surface area contributed by atoms with Gasteiger partial charge in [0.1, 0.15) is 12.4 Å². The minimum Gasteiger partial charge on any atom is -0.484 e. The van der Waals surface area contributed by atoms with Crippen LogP contribution in [-0.2, 0) is 6.61 Å². The quantitative estimate of drug-likeness (QED) is 0.753. The van der Waals surface area contributed by atoms with Gasteiger partial charge in [0, 0.05) is 18.5 Å². The van der Waals surface area contributed by atoms with Gasteiger partial charge in [0.2, 0.25) is 0 Å². The van der Waals surface area contributed by atoms with Crippen molar-refractivity contribution in [2.75, 3.05) is 0 Å². The van der Waals surface area contributed by atoms with E-state index >= 15 is 0 Å². The molecular formula is C11H7Cl3F2N2O. The third-order valence-electron chi connectivity index (χ3n) is 2.29. The highest BCUT2D eigenvalue weighted by atomic mass is 35.5. The van der Waals surface area contributed by atoms with Gasteiger partial charge in [-0.1, -0.05) is 34.8 Å². The lowest BCUT2D eigenvalue weighted by molar-refractivity contribution is 0.0632. The summed E-state index contributed by atoms with van der Waals surface area (Å²) < 4.78 is 31.2. The number of imidazole rings is 1. The van der Waals surface area contributed by atoms with Crippen LogP contribution in [0, 0.1) is 0 Å². The Bertz CT molecular complexity index is 589. The Hall–Kier alpha value is -1.04. The van der Waals surface area contributed by atoms with Crippen LogP contribution in [0.15, 0.2) is 24.5 Å². The maximum Gasteiger partial charge on any atom is 0.320 e. The zero-order valence-corrected chi connectivity index (χ0v) is 11.6. The lowest BCUT2D eigenvalue weighted by Crippen LogP contribution is -2.07. The first-order valence-corrected chi connectivity index (χ1v) is 6.19. The van der Waals surface area contributed by atoms with Gasteiger partial charge in [-0.15, -0.1) is 0 Å². The molecule has 1 aromatic carbocycles. The number of aromatic nitrogens is 2. The Morgan fingerprint density at radius 3 is 2.53 bits per heavy atom. The molecule has 0 aliphatic heterocycles. The van der Waals surface area contributed by atoms with Gasteiger partial charge in [0.05, 0.1) is 15.1 Å². The number of alkyl halides is 2. The second-order valence-electron chi connectivity index (χ2n) is 3.51. The molecule has 0 atom stereocenters. The van der Waals surface area contributed by atoms with Crippen molar-refractivity contribution >= 4 is 34.8 Å². The molecule has 0 fully saturated rings. The molecule has 19 heavy (non-hydrogen) atoms. The Labute approximate surface area is 122 Å². The maximum atomic E-state index is 12.6.